The molecule has 0 bridgehead atoms. The highest BCUT2D eigenvalue weighted by Crippen LogP contribution is 2.21. The summed E-state index contributed by atoms with van der Waals surface area (Å²) in [5, 5.41) is 3.02. The van der Waals surface area contributed by atoms with E-state index in [1.807, 2.05) is 18.2 Å². The SMILES string of the molecule is O=C(CN(Cc1ccco1)C(=O)c1cnc(Cl)c(Cl)c1)Nc1ccccc1. The molecule has 3 rings (SSSR count). The van der Waals surface area contributed by atoms with Crippen molar-refractivity contribution in [3.05, 3.63) is 82.5 Å². The van der Waals surface area contributed by atoms with Crippen LogP contribution in [-0.2, 0) is 11.3 Å². The molecule has 0 radical (unpaired) electrons. The van der Waals surface area contributed by atoms with E-state index in [0.717, 1.165) is 0 Å². The molecule has 0 aliphatic carbocycles. The van der Waals surface area contributed by atoms with Gasteiger partial charge >= 0.3 is 0 Å². The van der Waals surface area contributed by atoms with E-state index in [-0.39, 0.29) is 34.7 Å². The van der Waals surface area contributed by atoms with Gasteiger partial charge in [-0.05, 0) is 30.3 Å². The first-order chi connectivity index (χ1) is 13.0. The average molecular weight is 404 g/mol. The Bertz CT molecular complexity index is 931. The maximum absolute atomic E-state index is 12.9. The molecule has 27 heavy (non-hydrogen) atoms. The monoisotopic (exact) mass is 403 g/mol. The van der Waals surface area contributed by atoms with Crippen molar-refractivity contribution < 1.29 is 14.0 Å². The first kappa shape index (κ1) is 18.9. The summed E-state index contributed by atoms with van der Waals surface area (Å²) in [6, 6.07) is 13.8. The van der Waals surface area contributed by atoms with E-state index in [2.05, 4.69) is 10.3 Å². The Labute approximate surface area is 165 Å². The molecule has 0 atom stereocenters. The smallest absolute Gasteiger partial charge is 0.256 e. The molecule has 138 valence electrons. The van der Waals surface area contributed by atoms with Crippen LogP contribution >= 0.6 is 23.2 Å². The van der Waals surface area contributed by atoms with Crippen LogP contribution in [-0.4, -0.2) is 28.2 Å². The molecule has 2 aromatic heterocycles. The number of nitrogens with zero attached hydrogens (tertiary/aromatic N) is 2. The quantitative estimate of drug-likeness (QED) is 0.623. The number of amides is 2. The Hall–Kier alpha value is -2.83. The number of aromatic nitrogens is 1. The van der Waals surface area contributed by atoms with Gasteiger partial charge in [0.15, 0.2) is 0 Å². The first-order valence-corrected chi connectivity index (χ1v) is 8.76. The Kier molecular flexibility index (Phi) is 6.11. The van der Waals surface area contributed by atoms with Gasteiger partial charge in [0.2, 0.25) is 5.91 Å². The summed E-state index contributed by atoms with van der Waals surface area (Å²) in [4.78, 5) is 30.5. The van der Waals surface area contributed by atoms with Gasteiger partial charge in [0.1, 0.15) is 17.5 Å². The minimum atomic E-state index is -0.416. The second kappa shape index (κ2) is 8.70. The molecule has 6 nitrogen and oxygen atoms in total. The van der Waals surface area contributed by atoms with Gasteiger partial charge in [0.25, 0.3) is 5.91 Å². The molecule has 0 saturated carbocycles. The van der Waals surface area contributed by atoms with Gasteiger partial charge in [-0.3, -0.25) is 9.59 Å². The number of anilines is 1. The number of hydrogen-bond donors (Lipinski definition) is 1. The molecule has 1 N–H and O–H groups in total. The molecule has 0 fully saturated rings. The largest absolute Gasteiger partial charge is 0.467 e. The van der Waals surface area contributed by atoms with Crippen LogP contribution in [0.25, 0.3) is 0 Å². The van der Waals surface area contributed by atoms with Gasteiger partial charge in [-0.2, -0.15) is 0 Å². The molecule has 8 heteroatoms. The summed E-state index contributed by atoms with van der Waals surface area (Å²) < 4.78 is 5.30. The first-order valence-electron chi connectivity index (χ1n) is 8.00. The lowest BCUT2D eigenvalue weighted by Crippen LogP contribution is -2.37. The highest BCUT2D eigenvalue weighted by atomic mass is 35.5. The fraction of sp³-hybridized carbons (Fsp3) is 0.105. The van der Waals surface area contributed by atoms with Gasteiger partial charge < -0.3 is 14.6 Å². The van der Waals surface area contributed by atoms with E-state index in [9.17, 15) is 9.59 Å². The normalized spacial score (nSPS) is 10.4. The predicted octanol–water partition coefficient (Wildman–Crippen LogP) is 4.26. The van der Waals surface area contributed by atoms with Crippen LogP contribution in [0.2, 0.25) is 10.2 Å². The van der Waals surface area contributed by atoms with Crippen molar-refractivity contribution in [2.24, 2.45) is 0 Å². The highest BCUT2D eigenvalue weighted by molar-refractivity contribution is 6.41. The second-order valence-electron chi connectivity index (χ2n) is 5.65. The maximum atomic E-state index is 12.9. The zero-order valence-electron chi connectivity index (χ0n) is 14.1. The van der Waals surface area contributed by atoms with E-state index in [1.165, 1.54) is 23.4 Å². The van der Waals surface area contributed by atoms with Gasteiger partial charge in [-0.15, -0.1) is 0 Å². The van der Waals surface area contributed by atoms with Crippen molar-refractivity contribution in [1.29, 1.82) is 0 Å². The molecule has 3 aromatic rings. The Morgan fingerprint density at radius 2 is 1.89 bits per heavy atom. The van der Waals surface area contributed by atoms with Crippen molar-refractivity contribution in [3.63, 3.8) is 0 Å². The van der Waals surface area contributed by atoms with Crippen molar-refractivity contribution in [1.82, 2.24) is 9.88 Å². The van der Waals surface area contributed by atoms with Gasteiger partial charge in [-0.1, -0.05) is 41.4 Å². The van der Waals surface area contributed by atoms with Crippen LogP contribution in [0.4, 0.5) is 5.69 Å². The molecule has 0 unspecified atom stereocenters. The van der Waals surface area contributed by atoms with Gasteiger partial charge in [0.05, 0.1) is 23.4 Å². The van der Waals surface area contributed by atoms with Crippen LogP contribution in [0, 0.1) is 0 Å². The number of halogens is 2. The molecule has 0 aliphatic heterocycles. The molecule has 2 heterocycles. The molecule has 0 saturated heterocycles. The number of carbonyl (C=O) groups is 2. The van der Waals surface area contributed by atoms with Crippen LogP contribution in [0.5, 0.6) is 0 Å². The van der Waals surface area contributed by atoms with Gasteiger partial charge in [0, 0.05) is 11.9 Å². The number of rotatable bonds is 6. The molecule has 0 aliphatic rings. The third-order valence-corrected chi connectivity index (χ3v) is 4.34. The zero-order valence-corrected chi connectivity index (χ0v) is 15.6. The number of para-hydroxylation sites is 1. The van der Waals surface area contributed by atoms with Crippen molar-refractivity contribution >= 4 is 40.7 Å². The molecule has 1 aromatic carbocycles. The van der Waals surface area contributed by atoms with Crippen molar-refractivity contribution in [2.75, 3.05) is 11.9 Å². The lowest BCUT2D eigenvalue weighted by atomic mass is 10.2. The van der Waals surface area contributed by atoms with Gasteiger partial charge in [-0.25, -0.2) is 4.98 Å². The standard InChI is InChI=1S/C19H15Cl2N3O3/c20-16-9-13(10-22-18(16)21)19(26)24(11-15-7-4-8-27-15)12-17(25)23-14-5-2-1-3-6-14/h1-10H,11-12H2,(H,23,25). The zero-order chi connectivity index (χ0) is 19.2. The van der Waals surface area contributed by atoms with E-state index >= 15 is 0 Å². The fourth-order valence-electron chi connectivity index (χ4n) is 2.41. The number of carbonyl (C=O) groups excluding carboxylic acids is 2. The van der Waals surface area contributed by atoms with Crippen molar-refractivity contribution in [3.8, 4) is 0 Å². The van der Waals surface area contributed by atoms with Crippen LogP contribution in [0.1, 0.15) is 16.1 Å². The number of nitrogens with one attached hydrogen (secondary N) is 1. The van der Waals surface area contributed by atoms with E-state index in [1.54, 1.807) is 24.3 Å². The number of pyridine rings is 1. The van der Waals surface area contributed by atoms with E-state index in [0.29, 0.717) is 11.4 Å². The summed E-state index contributed by atoms with van der Waals surface area (Å²) in [6.07, 6.45) is 2.82. The average Bonchev–Trinajstić information content (AvgIpc) is 3.17. The lowest BCUT2D eigenvalue weighted by Gasteiger charge is -2.21. The number of furan rings is 1. The second-order valence-corrected chi connectivity index (χ2v) is 6.42. The highest BCUT2D eigenvalue weighted by Gasteiger charge is 2.21. The van der Waals surface area contributed by atoms with Crippen molar-refractivity contribution in [2.45, 2.75) is 6.54 Å². The van der Waals surface area contributed by atoms with Crippen LogP contribution < -0.4 is 5.32 Å². The molecular formula is C19H15Cl2N3O3. The third kappa shape index (κ3) is 5.09. The minimum Gasteiger partial charge on any atom is -0.467 e. The molecule has 2 amide bonds. The van der Waals surface area contributed by atoms with E-state index < -0.39 is 5.91 Å². The number of hydrogen-bond acceptors (Lipinski definition) is 4. The fourth-order valence-corrected chi connectivity index (χ4v) is 2.68. The third-order valence-electron chi connectivity index (χ3n) is 3.65. The summed E-state index contributed by atoms with van der Waals surface area (Å²) in [7, 11) is 0. The Morgan fingerprint density at radius 3 is 2.56 bits per heavy atom. The topological polar surface area (TPSA) is 75.4 Å². The minimum absolute atomic E-state index is 0.104. The Balaban J connectivity index is 1.78. The maximum Gasteiger partial charge on any atom is 0.256 e. The predicted molar refractivity (Wildman–Crippen MR) is 103 cm³/mol. The molecular weight excluding hydrogens is 389 g/mol. The number of benzene rings is 1. The van der Waals surface area contributed by atoms with E-state index in [4.69, 9.17) is 27.6 Å². The van der Waals surface area contributed by atoms with Crippen LogP contribution in [0.3, 0.4) is 0 Å². The summed E-state index contributed by atoms with van der Waals surface area (Å²) >= 11 is 11.8. The van der Waals surface area contributed by atoms with Crippen LogP contribution in [0.15, 0.2) is 65.4 Å². The lowest BCUT2D eigenvalue weighted by molar-refractivity contribution is -0.117. The summed E-state index contributed by atoms with van der Waals surface area (Å²) in [6.45, 7) is -0.0526. The summed E-state index contributed by atoms with van der Waals surface area (Å²) in [5.74, 6) is -0.210. The summed E-state index contributed by atoms with van der Waals surface area (Å²) in [5.41, 5.74) is 0.868. The molecule has 0 spiro atoms. The Morgan fingerprint density at radius 1 is 1.11 bits per heavy atom.